The maximum Gasteiger partial charge on any atom is 0.261 e. The fourth-order valence-corrected chi connectivity index (χ4v) is 2.46. The molecule has 0 spiro atoms. The second-order valence-electron chi connectivity index (χ2n) is 4.04. The van der Waals surface area contributed by atoms with Gasteiger partial charge in [-0.3, -0.25) is 4.79 Å². The standard InChI is InChI=1S/C13H15NO2S/c1-8-7-11(10(3)16-8)9(2)14-13(15)12-5-4-6-17-12/h4-7,9H,1-3H3,(H,14,15). The quantitative estimate of drug-likeness (QED) is 0.905. The predicted octanol–water partition coefficient (Wildman–Crippen LogP) is 3.45. The summed E-state index contributed by atoms with van der Waals surface area (Å²) in [7, 11) is 0. The lowest BCUT2D eigenvalue weighted by atomic mass is 10.1. The first-order valence-corrected chi connectivity index (χ1v) is 6.37. The zero-order valence-corrected chi connectivity index (χ0v) is 10.9. The Morgan fingerprint density at radius 1 is 1.47 bits per heavy atom. The molecule has 3 nitrogen and oxygen atoms in total. The van der Waals surface area contributed by atoms with E-state index < -0.39 is 0 Å². The van der Waals surface area contributed by atoms with Crippen molar-refractivity contribution in [2.24, 2.45) is 0 Å². The van der Waals surface area contributed by atoms with E-state index in [4.69, 9.17) is 4.42 Å². The number of hydrogen-bond acceptors (Lipinski definition) is 3. The van der Waals surface area contributed by atoms with Crippen molar-refractivity contribution in [3.8, 4) is 0 Å². The smallest absolute Gasteiger partial charge is 0.261 e. The lowest BCUT2D eigenvalue weighted by molar-refractivity contribution is 0.0944. The molecular formula is C13H15NO2S. The van der Waals surface area contributed by atoms with Crippen molar-refractivity contribution >= 4 is 17.2 Å². The molecule has 0 bridgehead atoms. The molecule has 2 aromatic rings. The number of hydrogen-bond donors (Lipinski definition) is 1. The summed E-state index contributed by atoms with van der Waals surface area (Å²) in [5.74, 6) is 1.70. The van der Waals surface area contributed by atoms with E-state index in [0.717, 1.165) is 22.0 Å². The van der Waals surface area contributed by atoms with Crippen LogP contribution in [-0.4, -0.2) is 5.91 Å². The van der Waals surface area contributed by atoms with Gasteiger partial charge in [0.1, 0.15) is 11.5 Å². The minimum atomic E-state index is -0.0398. The van der Waals surface area contributed by atoms with Gasteiger partial charge in [-0.1, -0.05) is 6.07 Å². The summed E-state index contributed by atoms with van der Waals surface area (Å²) in [5.41, 5.74) is 1.03. The molecule has 1 N–H and O–H groups in total. The van der Waals surface area contributed by atoms with Gasteiger partial charge in [0.15, 0.2) is 0 Å². The van der Waals surface area contributed by atoms with Crippen molar-refractivity contribution in [2.45, 2.75) is 26.8 Å². The Labute approximate surface area is 104 Å². The number of aryl methyl sites for hydroxylation is 2. The molecule has 0 aliphatic carbocycles. The third-order valence-electron chi connectivity index (χ3n) is 2.64. The van der Waals surface area contributed by atoms with Crippen LogP contribution < -0.4 is 5.32 Å². The highest BCUT2D eigenvalue weighted by atomic mass is 32.1. The molecule has 0 aliphatic rings. The maximum atomic E-state index is 11.9. The van der Waals surface area contributed by atoms with Gasteiger partial charge in [-0.15, -0.1) is 11.3 Å². The molecule has 0 radical (unpaired) electrons. The zero-order valence-electron chi connectivity index (χ0n) is 10.1. The fraction of sp³-hybridized carbons (Fsp3) is 0.308. The molecule has 4 heteroatoms. The van der Waals surface area contributed by atoms with Crippen LogP contribution in [0.4, 0.5) is 0 Å². The highest BCUT2D eigenvalue weighted by molar-refractivity contribution is 7.12. The van der Waals surface area contributed by atoms with Crippen LogP contribution in [0, 0.1) is 13.8 Å². The minimum Gasteiger partial charge on any atom is -0.466 e. The summed E-state index contributed by atoms with van der Waals surface area (Å²) in [4.78, 5) is 12.6. The van der Waals surface area contributed by atoms with Crippen molar-refractivity contribution in [2.75, 3.05) is 0 Å². The van der Waals surface area contributed by atoms with Crippen LogP contribution in [0.15, 0.2) is 28.0 Å². The first-order chi connectivity index (χ1) is 8.08. The summed E-state index contributed by atoms with van der Waals surface area (Å²) in [6, 6.07) is 5.62. The van der Waals surface area contributed by atoms with Gasteiger partial charge in [0.05, 0.1) is 10.9 Å². The summed E-state index contributed by atoms with van der Waals surface area (Å²) >= 11 is 1.44. The predicted molar refractivity (Wildman–Crippen MR) is 68.4 cm³/mol. The average molecular weight is 249 g/mol. The van der Waals surface area contributed by atoms with Crippen LogP contribution in [0.3, 0.4) is 0 Å². The van der Waals surface area contributed by atoms with E-state index in [2.05, 4.69) is 5.32 Å². The van der Waals surface area contributed by atoms with Gasteiger partial charge in [-0.05, 0) is 38.3 Å². The third kappa shape index (κ3) is 2.58. The molecule has 1 amide bonds. The number of amides is 1. The molecule has 0 saturated heterocycles. The van der Waals surface area contributed by atoms with E-state index in [-0.39, 0.29) is 11.9 Å². The largest absolute Gasteiger partial charge is 0.466 e. The first kappa shape index (κ1) is 11.9. The van der Waals surface area contributed by atoms with Crippen molar-refractivity contribution in [3.05, 3.63) is 45.5 Å². The monoisotopic (exact) mass is 249 g/mol. The number of nitrogens with one attached hydrogen (secondary N) is 1. The van der Waals surface area contributed by atoms with E-state index >= 15 is 0 Å². The molecule has 2 heterocycles. The van der Waals surface area contributed by atoms with Crippen molar-refractivity contribution < 1.29 is 9.21 Å². The summed E-state index contributed by atoms with van der Waals surface area (Å²) in [6.45, 7) is 5.78. The average Bonchev–Trinajstić information content (AvgIpc) is 2.87. The second kappa shape index (κ2) is 4.75. The van der Waals surface area contributed by atoms with Gasteiger partial charge in [0, 0.05) is 5.56 Å². The van der Waals surface area contributed by atoms with E-state index in [1.54, 1.807) is 0 Å². The van der Waals surface area contributed by atoms with E-state index in [9.17, 15) is 4.79 Å². The topological polar surface area (TPSA) is 42.2 Å². The summed E-state index contributed by atoms with van der Waals surface area (Å²) in [5, 5.41) is 4.86. The van der Waals surface area contributed by atoms with Crippen LogP contribution in [0.1, 0.15) is 39.7 Å². The molecule has 2 aromatic heterocycles. The van der Waals surface area contributed by atoms with Gasteiger partial charge >= 0.3 is 0 Å². The van der Waals surface area contributed by atoms with Gasteiger partial charge in [-0.2, -0.15) is 0 Å². The number of thiophene rings is 1. The normalized spacial score (nSPS) is 12.4. The van der Waals surface area contributed by atoms with Gasteiger partial charge in [0.2, 0.25) is 0 Å². The minimum absolute atomic E-state index is 0.0363. The van der Waals surface area contributed by atoms with Crippen LogP contribution in [0.2, 0.25) is 0 Å². The van der Waals surface area contributed by atoms with Crippen molar-refractivity contribution in [1.29, 1.82) is 0 Å². The molecule has 0 aromatic carbocycles. The maximum absolute atomic E-state index is 11.9. The second-order valence-corrected chi connectivity index (χ2v) is 4.99. The lowest BCUT2D eigenvalue weighted by Crippen LogP contribution is -2.25. The first-order valence-electron chi connectivity index (χ1n) is 5.49. The molecular weight excluding hydrogens is 234 g/mol. The molecule has 17 heavy (non-hydrogen) atoms. The van der Waals surface area contributed by atoms with Crippen LogP contribution in [0.5, 0.6) is 0 Å². The summed E-state index contributed by atoms with van der Waals surface area (Å²) < 4.78 is 5.46. The fourth-order valence-electron chi connectivity index (χ4n) is 1.83. The molecule has 2 rings (SSSR count). The highest BCUT2D eigenvalue weighted by Crippen LogP contribution is 2.21. The highest BCUT2D eigenvalue weighted by Gasteiger charge is 2.16. The Morgan fingerprint density at radius 3 is 2.76 bits per heavy atom. The number of carbonyl (C=O) groups is 1. The molecule has 0 saturated carbocycles. The van der Waals surface area contributed by atoms with Crippen LogP contribution in [-0.2, 0) is 0 Å². The number of rotatable bonds is 3. The van der Waals surface area contributed by atoms with Crippen molar-refractivity contribution in [3.63, 3.8) is 0 Å². The number of carbonyl (C=O) groups excluding carboxylic acids is 1. The van der Waals surface area contributed by atoms with E-state index in [0.29, 0.717) is 0 Å². The Morgan fingerprint density at radius 2 is 2.24 bits per heavy atom. The number of furan rings is 1. The Hall–Kier alpha value is -1.55. The van der Waals surface area contributed by atoms with E-state index in [1.807, 2.05) is 44.4 Å². The SMILES string of the molecule is Cc1cc(C(C)NC(=O)c2cccs2)c(C)o1. The van der Waals surface area contributed by atoms with Gasteiger partial charge in [-0.25, -0.2) is 0 Å². The molecule has 0 fully saturated rings. The third-order valence-corrected chi connectivity index (χ3v) is 3.51. The van der Waals surface area contributed by atoms with Crippen LogP contribution in [0.25, 0.3) is 0 Å². The lowest BCUT2D eigenvalue weighted by Gasteiger charge is -2.12. The Balaban J connectivity index is 2.09. The zero-order chi connectivity index (χ0) is 12.4. The Kier molecular flexibility index (Phi) is 3.33. The van der Waals surface area contributed by atoms with Crippen molar-refractivity contribution in [1.82, 2.24) is 5.32 Å². The molecule has 90 valence electrons. The molecule has 1 unspecified atom stereocenters. The van der Waals surface area contributed by atoms with Gasteiger partial charge < -0.3 is 9.73 Å². The van der Waals surface area contributed by atoms with Gasteiger partial charge in [0.25, 0.3) is 5.91 Å². The molecule has 1 atom stereocenters. The molecule has 0 aliphatic heterocycles. The van der Waals surface area contributed by atoms with Crippen LogP contribution >= 0.6 is 11.3 Å². The summed E-state index contributed by atoms with van der Waals surface area (Å²) in [6.07, 6.45) is 0. The van der Waals surface area contributed by atoms with E-state index in [1.165, 1.54) is 11.3 Å². The Bertz CT molecular complexity index is 514.